The summed E-state index contributed by atoms with van der Waals surface area (Å²) in [6.07, 6.45) is 1.58. The third kappa shape index (κ3) is 5.52. The number of piperidine rings is 1. The van der Waals surface area contributed by atoms with E-state index in [4.69, 9.17) is 9.47 Å². The summed E-state index contributed by atoms with van der Waals surface area (Å²) in [5.41, 5.74) is 2.27. The summed E-state index contributed by atoms with van der Waals surface area (Å²) in [6.45, 7) is 6.86. The van der Waals surface area contributed by atoms with Crippen LogP contribution in [0.15, 0.2) is 36.4 Å². The molecule has 2 aromatic rings. The number of aryl methyl sites for hydroxylation is 1. The zero-order valence-corrected chi connectivity index (χ0v) is 18.2. The minimum absolute atomic E-state index is 0.0170. The average molecular weight is 428 g/mol. The Morgan fingerprint density at radius 1 is 1.23 bits per heavy atom. The Hall–Kier alpha value is -3.13. The van der Waals surface area contributed by atoms with Crippen LogP contribution in [0.1, 0.15) is 41.3 Å². The van der Waals surface area contributed by atoms with E-state index in [9.17, 15) is 14.9 Å². The molecule has 0 spiro atoms. The molecule has 0 unspecified atom stereocenters. The fourth-order valence-electron chi connectivity index (χ4n) is 3.84. The van der Waals surface area contributed by atoms with Crippen molar-refractivity contribution in [2.75, 3.05) is 26.8 Å². The maximum Gasteiger partial charge on any atom is 0.286 e. The monoisotopic (exact) mass is 427 g/mol. The minimum atomic E-state index is -0.571. The molecule has 1 N–H and O–H groups in total. The molecular formula is C23H29N3O5. The number of ether oxygens (including phenoxy) is 2. The highest BCUT2D eigenvalue weighted by Gasteiger charge is 2.27. The Morgan fingerprint density at radius 3 is 2.55 bits per heavy atom. The molecule has 0 aliphatic carbocycles. The van der Waals surface area contributed by atoms with E-state index in [-0.39, 0.29) is 23.0 Å². The van der Waals surface area contributed by atoms with Gasteiger partial charge in [-0.15, -0.1) is 0 Å². The molecule has 1 heterocycles. The van der Waals surface area contributed by atoms with Gasteiger partial charge in [0.25, 0.3) is 11.6 Å². The Balaban J connectivity index is 1.66. The highest BCUT2D eigenvalue weighted by atomic mass is 16.6. The predicted molar refractivity (Wildman–Crippen MR) is 118 cm³/mol. The summed E-state index contributed by atoms with van der Waals surface area (Å²) in [5, 5.41) is 14.5. The number of benzene rings is 2. The third-order valence-corrected chi connectivity index (χ3v) is 5.60. The van der Waals surface area contributed by atoms with Crippen LogP contribution in [0.25, 0.3) is 0 Å². The smallest absolute Gasteiger partial charge is 0.286 e. The van der Waals surface area contributed by atoms with Crippen molar-refractivity contribution in [1.82, 2.24) is 10.2 Å². The third-order valence-electron chi connectivity index (χ3n) is 5.60. The molecule has 3 rings (SSSR count). The molecule has 1 aliphatic heterocycles. The van der Waals surface area contributed by atoms with E-state index >= 15 is 0 Å². The molecule has 0 aromatic heterocycles. The Kier molecular flexibility index (Phi) is 7.46. The molecule has 1 aliphatic rings. The molecule has 2 aromatic carbocycles. The number of nitro benzene ring substituents is 1. The quantitative estimate of drug-likeness (QED) is 0.510. The molecular weight excluding hydrogens is 398 g/mol. The molecule has 1 saturated heterocycles. The standard InChI is InChI=1S/C23H29N3O5/c1-4-31-22-13-19(20(26(28)29)14-21(22)30-3)23(27)24-18-9-11-25(12-10-18)15-17-8-6-5-7-16(17)2/h5-8,13-14,18H,4,9-12,15H2,1-3H3,(H,24,27). The SMILES string of the molecule is CCOc1cc(C(=O)NC2CCN(Cc3ccccc3C)CC2)c([N+](=O)[O-])cc1OC. The van der Waals surface area contributed by atoms with Gasteiger partial charge in [-0.3, -0.25) is 19.8 Å². The number of amides is 1. The summed E-state index contributed by atoms with van der Waals surface area (Å²) >= 11 is 0. The topological polar surface area (TPSA) is 93.9 Å². The molecule has 31 heavy (non-hydrogen) atoms. The second kappa shape index (κ2) is 10.3. The number of nitrogens with zero attached hydrogens (tertiary/aromatic N) is 2. The van der Waals surface area contributed by atoms with Gasteiger partial charge in [-0.2, -0.15) is 0 Å². The van der Waals surface area contributed by atoms with E-state index in [2.05, 4.69) is 29.3 Å². The normalized spacial score (nSPS) is 14.8. The number of nitrogens with one attached hydrogen (secondary N) is 1. The van der Waals surface area contributed by atoms with E-state index in [1.54, 1.807) is 6.92 Å². The zero-order valence-electron chi connectivity index (χ0n) is 18.2. The number of likely N-dealkylation sites (tertiary alicyclic amines) is 1. The fraction of sp³-hybridized carbons (Fsp3) is 0.435. The first kappa shape index (κ1) is 22.6. The molecule has 0 bridgehead atoms. The van der Waals surface area contributed by atoms with Crippen molar-refractivity contribution >= 4 is 11.6 Å². The van der Waals surface area contributed by atoms with Crippen molar-refractivity contribution in [1.29, 1.82) is 0 Å². The van der Waals surface area contributed by atoms with Gasteiger partial charge in [-0.1, -0.05) is 24.3 Å². The second-order valence-electron chi connectivity index (χ2n) is 7.66. The minimum Gasteiger partial charge on any atom is -0.493 e. The van der Waals surface area contributed by atoms with Crippen LogP contribution in [-0.2, 0) is 6.54 Å². The van der Waals surface area contributed by atoms with Gasteiger partial charge in [0, 0.05) is 31.7 Å². The summed E-state index contributed by atoms with van der Waals surface area (Å²) in [5.74, 6) is 0.0797. The number of carbonyl (C=O) groups excluding carboxylic acids is 1. The van der Waals surface area contributed by atoms with Crippen molar-refractivity contribution < 1.29 is 19.2 Å². The number of carbonyl (C=O) groups is 1. The van der Waals surface area contributed by atoms with Crippen molar-refractivity contribution in [2.24, 2.45) is 0 Å². The van der Waals surface area contributed by atoms with Crippen molar-refractivity contribution in [2.45, 2.75) is 39.3 Å². The highest BCUT2D eigenvalue weighted by Crippen LogP contribution is 2.35. The molecule has 166 valence electrons. The lowest BCUT2D eigenvalue weighted by Gasteiger charge is -2.32. The predicted octanol–water partition coefficient (Wildman–Crippen LogP) is 3.70. The van der Waals surface area contributed by atoms with Crippen molar-refractivity contribution in [3.05, 3.63) is 63.2 Å². The van der Waals surface area contributed by atoms with E-state index in [1.807, 2.05) is 12.1 Å². The van der Waals surface area contributed by atoms with Crippen LogP contribution in [0.3, 0.4) is 0 Å². The first-order valence-corrected chi connectivity index (χ1v) is 10.5. The Bertz CT molecular complexity index is 939. The van der Waals surface area contributed by atoms with Crippen LogP contribution in [-0.4, -0.2) is 48.6 Å². The molecule has 0 saturated carbocycles. The average Bonchev–Trinajstić information content (AvgIpc) is 2.76. The lowest BCUT2D eigenvalue weighted by molar-refractivity contribution is -0.385. The Labute approximate surface area is 182 Å². The number of methoxy groups -OCH3 is 1. The number of rotatable bonds is 8. The summed E-state index contributed by atoms with van der Waals surface area (Å²) in [4.78, 5) is 26.2. The number of hydrogen-bond acceptors (Lipinski definition) is 6. The molecule has 8 heteroatoms. The van der Waals surface area contributed by atoms with Gasteiger partial charge >= 0.3 is 0 Å². The van der Waals surface area contributed by atoms with Crippen molar-refractivity contribution in [3.8, 4) is 11.5 Å². The maximum absolute atomic E-state index is 12.9. The zero-order chi connectivity index (χ0) is 22.4. The summed E-state index contributed by atoms with van der Waals surface area (Å²) in [6, 6.07) is 10.9. The number of nitro groups is 1. The fourth-order valence-corrected chi connectivity index (χ4v) is 3.84. The number of hydrogen-bond donors (Lipinski definition) is 1. The molecule has 1 amide bonds. The maximum atomic E-state index is 12.9. The molecule has 0 radical (unpaired) electrons. The molecule has 1 fully saturated rings. The van der Waals surface area contributed by atoms with Gasteiger partial charge < -0.3 is 14.8 Å². The van der Waals surface area contributed by atoms with E-state index < -0.39 is 10.8 Å². The largest absolute Gasteiger partial charge is 0.493 e. The van der Waals surface area contributed by atoms with Crippen LogP contribution in [0.2, 0.25) is 0 Å². The lowest BCUT2D eigenvalue weighted by atomic mass is 10.0. The van der Waals surface area contributed by atoms with Gasteiger partial charge in [-0.05, 0) is 37.8 Å². The summed E-state index contributed by atoms with van der Waals surface area (Å²) < 4.78 is 10.7. The first-order valence-electron chi connectivity index (χ1n) is 10.5. The van der Waals surface area contributed by atoms with Gasteiger partial charge in [0.05, 0.1) is 24.7 Å². The van der Waals surface area contributed by atoms with Crippen LogP contribution < -0.4 is 14.8 Å². The second-order valence-corrected chi connectivity index (χ2v) is 7.66. The van der Waals surface area contributed by atoms with Gasteiger partial charge in [0.15, 0.2) is 11.5 Å². The summed E-state index contributed by atoms with van der Waals surface area (Å²) in [7, 11) is 1.41. The van der Waals surface area contributed by atoms with Crippen LogP contribution in [0.4, 0.5) is 5.69 Å². The Morgan fingerprint density at radius 2 is 1.94 bits per heavy atom. The van der Waals surface area contributed by atoms with Crippen molar-refractivity contribution in [3.63, 3.8) is 0 Å². The van der Waals surface area contributed by atoms with Gasteiger partial charge in [-0.25, -0.2) is 0 Å². The first-order chi connectivity index (χ1) is 14.9. The van der Waals surface area contributed by atoms with E-state index in [1.165, 1.54) is 30.4 Å². The van der Waals surface area contributed by atoms with Gasteiger partial charge in [0.2, 0.25) is 0 Å². The van der Waals surface area contributed by atoms with E-state index in [0.29, 0.717) is 12.4 Å². The van der Waals surface area contributed by atoms with Crippen LogP contribution >= 0.6 is 0 Å². The molecule has 8 nitrogen and oxygen atoms in total. The van der Waals surface area contributed by atoms with Gasteiger partial charge in [0.1, 0.15) is 5.56 Å². The lowest BCUT2D eigenvalue weighted by Crippen LogP contribution is -2.44. The van der Waals surface area contributed by atoms with E-state index in [0.717, 1.165) is 32.5 Å². The van der Waals surface area contributed by atoms with Crippen LogP contribution in [0.5, 0.6) is 11.5 Å². The molecule has 0 atom stereocenters. The highest BCUT2D eigenvalue weighted by molar-refractivity contribution is 5.99. The van der Waals surface area contributed by atoms with Crippen LogP contribution in [0, 0.1) is 17.0 Å².